The molecule has 10 nitrogen and oxygen atoms in total. The lowest BCUT2D eigenvalue weighted by Crippen LogP contribution is -2.32. The van der Waals surface area contributed by atoms with Crippen LogP contribution in [0.25, 0.3) is 0 Å². The molecule has 0 spiro atoms. The molecule has 1 heterocycles. The zero-order chi connectivity index (χ0) is 20.7. The number of rotatable bonds is 10. The molecule has 1 aliphatic carbocycles. The summed E-state index contributed by atoms with van der Waals surface area (Å²) in [5.41, 5.74) is 5.08. The number of nitrogen functional groups attached to an aromatic ring is 1. The summed E-state index contributed by atoms with van der Waals surface area (Å²) in [5, 5.41) is 0. The summed E-state index contributed by atoms with van der Waals surface area (Å²) in [4.78, 5) is 28.2. The third kappa shape index (κ3) is 5.41. The van der Waals surface area contributed by atoms with Crippen LogP contribution in [0.5, 0.6) is 0 Å². The standard InChI is InChI=1S/C17H28N3O7P/c1-4-24-15(21)16(28(23,25-5-2)26-6-3)27-13-8-7-12(11-13)20-10-9-14(18)19-17(20)22/h9-10,12-13,16H,4-8,11H2,1-3H3,(H2,18,19,22)/t12-,13+,16?/m1/s1. The van der Waals surface area contributed by atoms with Crippen molar-refractivity contribution < 1.29 is 27.9 Å². The highest BCUT2D eigenvalue weighted by Crippen LogP contribution is 2.55. The predicted octanol–water partition coefficient (Wildman–Crippen LogP) is 2.09. The average Bonchev–Trinajstić information content (AvgIpc) is 3.08. The van der Waals surface area contributed by atoms with Gasteiger partial charge in [-0.05, 0) is 46.1 Å². The first-order chi connectivity index (χ1) is 13.3. The van der Waals surface area contributed by atoms with E-state index in [4.69, 9.17) is 24.3 Å². The molecule has 0 saturated heterocycles. The third-order valence-electron chi connectivity index (χ3n) is 4.32. The van der Waals surface area contributed by atoms with Gasteiger partial charge in [-0.1, -0.05) is 0 Å². The topological polar surface area (TPSA) is 132 Å². The van der Waals surface area contributed by atoms with Gasteiger partial charge in [-0.25, -0.2) is 9.59 Å². The van der Waals surface area contributed by atoms with Gasteiger partial charge in [-0.3, -0.25) is 9.13 Å². The van der Waals surface area contributed by atoms with Gasteiger partial charge in [0.05, 0.1) is 25.9 Å². The van der Waals surface area contributed by atoms with E-state index in [-0.39, 0.29) is 31.7 Å². The van der Waals surface area contributed by atoms with E-state index in [1.54, 1.807) is 33.0 Å². The van der Waals surface area contributed by atoms with Gasteiger partial charge in [0.25, 0.3) is 5.85 Å². The van der Waals surface area contributed by atoms with Crippen LogP contribution in [-0.4, -0.2) is 47.3 Å². The molecule has 11 heteroatoms. The maximum atomic E-state index is 13.1. The van der Waals surface area contributed by atoms with Gasteiger partial charge in [0.1, 0.15) is 5.82 Å². The number of carbonyl (C=O) groups is 1. The molecule has 0 aromatic carbocycles. The van der Waals surface area contributed by atoms with Crippen LogP contribution >= 0.6 is 7.60 Å². The van der Waals surface area contributed by atoms with Crippen molar-refractivity contribution in [3.63, 3.8) is 0 Å². The first-order valence-electron chi connectivity index (χ1n) is 9.40. The van der Waals surface area contributed by atoms with E-state index in [0.29, 0.717) is 19.3 Å². The second-order valence-electron chi connectivity index (χ2n) is 6.25. The maximum Gasteiger partial charge on any atom is 0.370 e. The van der Waals surface area contributed by atoms with E-state index in [0.717, 1.165) is 0 Å². The molecule has 0 amide bonds. The van der Waals surface area contributed by atoms with Crippen LogP contribution in [0.15, 0.2) is 17.1 Å². The highest BCUT2D eigenvalue weighted by atomic mass is 31.2. The molecule has 0 bridgehead atoms. The average molecular weight is 417 g/mol. The molecular formula is C17H28N3O7P. The molecule has 0 radical (unpaired) electrons. The smallest absolute Gasteiger partial charge is 0.370 e. The van der Waals surface area contributed by atoms with E-state index in [1.165, 1.54) is 4.57 Å². The van der Waals surface area contributed by atoms with Crippen LogP contribution in [0.4, 0.5) is 5.82 Å². The minimum atomic E-state index is -3.87. The van der Waals surface area contributed by atoms with Crippen molar-refractivity contribution in [1.82, 2.24) is 9.55 Å². The minimum Gasteiger partial charge on any atom is -0.464 e. The summed E-state index contributed by atoms with van der Waals surface area (Å²) in [6.45, 7) is 5.25. The maximum absolute atomic E-state index is 13.1. The first-order valence-corrected chi connectivity index (χ1v) is 11.0. The number of anilines is 1. The Kier molecular flexibility index (Phi) is 8.18. The molecule has 1 saturated carbocycles. The van der Waals surface area contributed by atoms with Crippen LogP contribution in [0.1, 0.15) is 46.1 Å². The van der Waals surface area contributed by atoms with Gasteiger partial charge in [-0.15, -0.1) is 0 Å². The third-order valence-corrected chi connectivity index (χ3v) is 6.46. The number of aromatic nitrogens is 2. The number of nitrogens with two attached hydrogens (primary N) is 1. The van der Waals surface area contributed by atoms with Crippen molar-refractivity contribution in [2.24, 2.45) is 0 Å². The summed E-state index contributed by atoms with van der Waals surface area (Å²) >= 11 is 0. The monoisotopic (exact) mass is 417 g/mol. The van der Waals surface area contributed by atoms with Gasteiger partial charge in [0.15, 0.2) is 0 Å². The van der Waals surface area contributed by atoms with Gasteiger partial charge in [0, 0.05) is 12.2 Å². The van der Waals surface area contributed by atoms with Crippen LogP contribution in [0.2, 0.25) is 0 Å². The Morgan fingerprint density at radius 1 is 1.29 bits per heavy atom. The summed E-state index contributed by atoms with van der Waals surface area (Å²) in [5.74, 6) is -2.11. The van der Waals surface area contributed by atoms with Gasteiger partial charge in [0.2, 0.25) is 0 Å². The Morgan fingerprint density at radius 2 is 1.96 bits per heavy atom. The van der Waals surface area contributed by atoms with Gasteiger partial charge < -0.3 is 24.3 Å². The Labute approximate surface area is 163 Å². The normalized spacial score (nSPS) is 20.8. The van der Waals surface area contributed by atoms with E-state index in [1.807, 2.05) is 0 Å². The molecule has 1 aliphatic rings. The summed E-state index contributed by atoms with van der Waals surface area (Å²) < 4.78 is 36.0. The molecule has 158 valence electrons. The molecule has 1 aromatic rings. The Hall–Kier alpha value is -1.74. The summed E-state index contributed by atoms with van der Waals surface area (Å²) in [7, 11) is -3.87. The second kappa shape index (κ2) is 10.2. The van der Waals surface area contributed by atoms with Crippen molar-refractivity contribution in [2.45, 2.75) is 58.0 Å². The van der Waals surface area contributed by atoms with Gasteiger partial charge >= 0.3 is 19.3 Å². The SMILES string of the molecule is CCOC(=O)C(O[C@H]1CC[C@@H](n2ccc(N)nc2=O)C1)P(=O)(OCC)OCC. The molecule has 2 rings (SSSR count). The molecule has 1 aromatic heterocycles. The number of nitrogens with zero attached hydrogens (tertiary/aromatic N) is 2. The van der Waals surface area contributed by atoms with E-state index in [9.17, 15) is 14.2 Å². The van der Waals surface area contributed by atoms with Crippen LogP contribution in [0.3, 0.4) is 0 Å². The molecule has 1 fully saturated rings. The lowest BCUT2D eigenvalue weighted by atomic mass is 10.2. The zero-order valence-corrected chi connectivity index (χ0v) is 17.3. The first kappa shape index (κ1) is 22.5. The quantitative estimate of drug-likeness (QED) is 0.449. The molecule has 2 N–H and O–H groups in total. The van der Waals surface area contributed by atoms with E-state index >= 15 is 0 Å². The van der Waals surface area contributed by atoms with Crippen molar-refractivity contribution in [2.75, 3.05) is 25.6 Å². The Balaban J connectivity index is 2.17. The molecular weight excluding hydrogens is 389 g/mol. The summed E-state index contributed by atoms with van der Waals surface area (Å²) in [6, 6.07) is 1.39. The second-order valence-corrected chi connectivity index (χ2v) is 8.31. The van der Waals surface area contributed by atoms with E-state index < -0.39 is 31.2 Å². The fourth-order valence-electron chi connectivity index (χ4n) is 3.19. The van der Waals surface area contributed by atoms with Crippen molar-refractivity contribution >= 4 is 19.4 Å². The van der Waals surface area contributed by atoms with Crippen molar-refractivity contribution in [3.05, 3.63) is 22.7 Å². The highest BCUT2D eigenvalue weighted by Gasteiger charge is 2.46. The lowest BCUT2D eigenvalue weighted by Gasteiger charge is -2.27. The van der Waals surface area contributed by atoms with Crippen LogP contribution < -0.4 is 11.4 Å². The molecule has 0 aliphatic heterocycles. The summed E-state index contributed by atoms with van der Waals surface area (Å²) in [6.07, 6.45) is 2.82. The van der Waals surface area contributed by atoms with E-state index in [2.05, 4.69) is 4.98 Å². The Bertz CT molecular complexity index is 759. The zero-order valence-electron chi connectivity index (χ0n) is 16.4. The molecule has 28 heavy (non-hydrogen) atoms. The van der Waals surface area contributed by atoms with Gasteiger partial charge in [-0.2, -0.15) is 4.98 Å². The Morgan fingerprint density at radius 3 is 2.54 bits per heavy atom. The number of hydrogen-bond acceptors (Lipinski definition) is 9. The fourth-order valence-corrected chi connectivity index (χ4v) is 4.90. The minimum absolute atomic E-state index is 0.0936. The molecule has 3 atom stereocenters. The van der Waals surface area contributed by atoms with Crippen LogP contribution in [-0.2, 0) is 27.9 Å². The fraction of sp³-hybridized carbons (Fsp3) is 0.706. The highest BCUT2D eigenvalue weighted by molar-refractivity contribution is 7.55. The number of carbonyl (C=O) groups excluding carboxylic acids is 1. The predicted molar refractivity (Wildman–Crippen MR) is 102 cm³/mol. The largest absolute Gasteiger partial charge is 0.464 e. The number of hydrogen-bond donors (Lipinski definition) is 1. The molecule has 1 unspecified atom stereocenters. The number of ether oxygens (including phenoxy) is 2. The lowest BCUT2D eigenvalue weighted by molar-refractivity contribution is -0.155. The van der Waals surface area contributed by atoms with Crippen LogP contribution in [0, 0.1) is 0 Å². The van der Waals surface area contributed by atoms with Crippen molar-refractivity contribution in [3.8, 4) is 0 Å². The van der Waals surface area contributed by atoms with Crippen molar-refractivity contribution in [1.29, 1.82) is 0 Å². The number of esters is 1.